The first-order valence-corrected chi connectivity index (χ1v) is 6.65. The van der Waals surface area contributed by atoms with Crippen molar-refractivity contribution in [2.24, 2.45) is 7.05 Å². The topological polar surface area (TPSA) is 75.4 Å². The molecule has 0 aliphatic rings. The molecule has 1 N–H and O–H groups in total. The summed E-state index contributed by atoms with van der Waals surface area (Å²) in [4.78, 5) is 24.8. The molecule has 0 saturated heterocycles. The van der Waals surface area contributed by atoms with Crippen LogP contribution in [0.3, 0.4) is 0 Å². The molecule has 2 rings (SSSR count). The van der Waals surface area contributed by atoms with Gasteiger partial charge in [0.25, 0.3) is 5.91 Å². The lowest BCUT2D eigenvalue weighted by atomic mass is 10.2. The number of aliphatic carboxylic acids is 1. The number of carbonyl (C=O) groups excluding carboxylic acids is 1. The number of carbonyl (C=O) groups is 2. The number of rotatable bonds is 6. The average Bonchev–Trinajstić information content (AvgIpc) is 2.90. The molecule has 0 fully saturated rings. The Hall–Kier alpha value is -2.63. The van der Waals surface area contributed by atoms with Crippen molar-refractivity contribution in [3.63, 3.8) is 0 Å². The highest BCUT2D eigenvalue weighted by Gasteiger charge is 2.19. The zero-order valence-corrected chi connectivity index (χ0v) is 11.8. The molecule has 1 aromatic heterocycles. The fourth-order valence-electron chi connectivity index (χ4n) is 2.03. The third kappa shape index (κ3) is 3.92. The van der Waals surface area contributed by atoms with Crippen LogP contribution in [0.1, 0.15) is 23.2 Å². The number of carboxylic acid groups (broad SMARTS) is 1. The van der Waals surface area contributed by atoms with E-state index in [0.29, 0.717) is 18.5 Å². The second kappa shape index (κ2) is 6.69. The van der Waals surface area contributed by atoms with E-state index in [4.69, 9.17) is 5.11 Å². The van der Waals surface area contributed by atoms with Crippen LogP contribution in [-0.2, 0) is 11.8 Å². The molecule has 2 aromatic rings. The van der Waals surface area contributed by atoms with Crippen molar-refractivity contribution < 1.29 is 14.7 Å². The Morgan fingerprint density at radius 2 is 2.00 bits per heavy atom. The molecule has 6 heteroatoms. The number of carboxylic acids is 1. The van der Waals surface area contributed by atoms with Crippen molar-refractivity contribution in [1.29, 1.82) is 0 Å². The first-order valence-electron chi connectivity index (χ1n) is 6.65. The van der Waals surface area contributed by atoms with Crippen LogP contribution in [0.15, 0.2) is 42.7 Å². The molecular weight excluding hydrogens is 270 g/mol. The van der Waals surface area contributed by atoms with Gasteiger partial charge in [0.1, 0.15) is 0 Å². The van der Waals surface area contributed by atoms with Crippen molar-refractivity contribution >= 4 is 17.6 Å². The number of benzene rings is 1. The number of aromatic nitrogens is 2. The predicted molar refractivity (Wildman–Crippen MR) is 78.2 cm³/mol. The Morgan fingerprint density at radius 1 is 1.29 bits per heavy atom. The van der Waals surface area contributed by atoms with Gasteiger partial charge < -0.3 is 10.0 Å². The van der Waals surface area contributed by atoms with E-state index in [0.717, 1.165) is 5.69 Å². The monoisotopic (exact) mass is 287 g/mol. The summed E-state index contributed by atoms with van der Waals surface area (Å²) in [5, 5.41) is 12.7. The molecule has 0 spiro atoms. The third-order valence-electron chi connectivity index (χ3n) is 3.04. The molecule has 1 aromatic carbocycles. The first kappa shape index (κ1) is 14.8. The number of anilines is 1. The van der Waals surface area contributed by atoms with E-state index in [9.17, 15) is 9.59 Å². The molecule has 1 amide bonds. The van der Waals surface area contributed by atoms with Gasteiger partial charge in [-0.15, -0.1) is 0 Å². The van der Waals surface area contributed by atoms with Crippen molar-refractivity contribution in [3.05, 3.63) is 48.3 Å². The van der Waals surface area contributed by atoms with E-state index < -0.39 is 5.97 Å². The maximum absolute atomic E-state index is 12.6. The summed E-state index contributed by atoms with van der Waals surface area (Å²) >= 11 is 0. The van der Waals surface area contributed by atoms with Gasteiger partial charge in [-0.25, -0.2) is 0 Å². The van der Waals surface area contributed by atoms with E-state index in [2.05, 4.69) is 5.10 Å². The number of para-hydroxylation sites is 1. The zero-order chi connectivity index (χ0) is 15.2. The first-order chi connectivity index (χ1) is 10.1. The van der Waals surface area contributed by atoms with Gasteiger partial charge in [0, 0.05) is 31.9 Å². The van der Waals surface area contributed by atoms with Gasteiger partial charge in [0.2, 0.25) is 0 Å². The molecule has 1 heterocycles. The number of hydrogen-bond acceptors (Lipinski definition) is 3. The van der Waals surface area contributed by atoms with E-state index in [1.807, 2.05) is 30.3 Å². The zero-order valence-electron chi connectivity index (χ0n) is 11.8. The van der Waals surface area contributed by atoms with E-state index in [1.165, 1.54) is 6.20 Å². The molecule has 21 heavy (non-hydrogen) atoms. The molecular formula is C15H17N3O3. The van der Waals surface area contributed by atoms with Crippen molar-refractivity contribution in [2.45, 2.75) is 12.8 Å². The second-order valence-corrected chi connectivity index (χ2v) is 4.69. The third-order valence-corrected chi connectivity index (χ3v) is 3.04. The van der Waals surface area contributed by atoms with E-state index in [-0.39, 0.29) is 12.3 Å². The van der Waals surface area contributed by atoms with E-state index >= 15 is 0 Å². The molecule has 0 bridgehead atoms. The summed E-state index contributed by atoms with van der Waals surface area (Å²) in [6, 6.07) is 9.21. The SMILES string of the molecule is Cn1cc(C(=O)N(CCCC(=O)O)c2ccccc2)cn1. The van der Waals surface area contributed by atoms with Crippen LogP contribution in [0.2, 0.25) is 0 Å². The van der Waals surface area contributed by atoms with Crippen LogP contribution in [0.25, 0.3) is 0 Å². The predicted octanol–water partition coefficient (Wildman–Crippen LogP) is 1.93. The van der Waals surface area contributed by atoms with Gasteiger partial charge >= 0.3 is 5.97 Å². The summed E-state index contributed by atoms with van der Waals surface area (Å²) in [7, 11) is 1.74. The Labute approximate surface area is 122 Å². The number of hydrogen-bond donors (Lipinski definition) is 1. The highest BCUT2D eigenvalue weighted by Crippen LogP contribution is 2.17. The molecule has 0 aliphatic heterocycles. The average molecular weight is 287 g/mol. The summed E-state index contributed by atoms with van der Waals surface area (Å²) < 4.78 is 1.56. The normalized spacial score (nSPS) is 10.3. The standard InChI is InChI=1S/C15H17N3O3/c1-17-11-12(10-16-17)15(21)18(9-5-8-14(19)20)13-6-3-2-4-7-13/h2-4,6-7,10-11H,5,8-9H2,1H3,(H,19,20). The summed E-state index contributed by atoms with van der Waals surface area (Å²) in [6.45, 7) is 0.351. The van der Waals surface area contributed by atoms with Crippen LogP contribution < -0.4 is 4.90 Å². The molecule has 0 atom stereocenters. The number of nitrogens with zero attached hydrogens (tertiary/aromatic N) is 3. The maximum Gasteiger partial charge on any atom is 0.303 e. The lowest BCUT2D eigenvalue weighted by molar-refractivity contribution is -0.137. The van der Waals surface area contributed by atoms with E-state index in [1.54, 1.807) is 22.8 Å². The highest BCUT2D eigenvalue weighted by molar-refractivity contribution is 6.05. The van der Waals surface area contributed by atoms with Crippen LogP contribution >= 0.6 is 0 Å². The van der Waals surface area contributed by atoms with Gasteiger partial charge in [-0.2, -0.15) is 5.10 Å². The highest BCUT2D eigenvalue weighted by atomic mass is 16.4. The minimum atomic E-state index is -0.864. The molecule has 110 valence electrons. The lowest BCUT2D eigenvalue weighted by Crippen LogP contribution is -2.32. The number of aryl methyl sites for hydroxylation is 1. The van der Waals surface area contributed by atoms with Gasteiger partial charge in [-0.1, -0.05) is 18.2 Å². The van der Waals surface area contributed by atoms with Crippen LogP contribution in [0.4, 0.5) is 5.69 Å². The number of amides is 1. The molecule has 0 aliphatic carbocycles. The van der Waals surface area contributed by atoms with Gasteiger partial charge in [0.05, 0.1) is 11.8 Å². The second-order valence-electron chi connectivity index (χ2n) is 4.69. The molecule has 0 saturated carbocycles. The maximum atomic E-state index is 12.6. The van der Waals surface area contributed by atoms with Crippen LogP contribution in [-0.4, -0.2) is 33.3 Å². The fourth-order valence-corrected chi connectivity index (χ4v) is 2.03. The summed E-state index contributed by atoms with van der Waals surface area (Å²) in [5.74, 6) is -1.04. The smallest absolute Gasteiger partial charge is 0.303 e. The molecule has 0 unspecified atom stereocenters. The summed E-state index contributed by atoms with van der Waals surface area (Å²) in [5.41, 5.74) is 1.23. The minimum Gasteiger partial charge on any atom is -0.481 e. The Balaban J connectivity index is 2.19. The quantitative estimate of drug-likeness (QED) is 0.881. The van der Waals surface area contributed by atoms with Crippen LogP contribution in [0, 0.1) is 0 Å². The van der Waals surface area contributed by atoms with Crippen LogP contribution in [0.5, 0.6) is 0 Å². The Bertz CT molecular complexity index is 622. The largest absolute Gasteiger partial charge is 0.481 e. The van der Waals surface area contributed by atoms with Crippen molar-refractivity contribution in [2.75, 3.05) is 11.4 Å². The van der Waals surface area contributed by atoms with Gasteiger partial charge in [0.15, 0.2) is 0 Å². The van der Waals surface area contributed by atoms with Crippen molar-refractivity contribution in [3.8, 4) is 0 Å². The Kier molecular flexibility index (Phi) is 4.71. The van der Waals surface area contributed by atoms with Gasteiger partial charge in [-0.3, -0.25) is 14.3 Å². The lowest BCUT2D eigenvalue weighted by Gasteiger charge is -2.22. The summed E-state index contributed by atoms with van der Waals surface area (Å²) in [6.07, 6.45) is 3.59. The molecule has 0 radical (unpaired) electrons. The fraction of sp³-hybridized carbons (Fsp3) is 0.267. The Morgan fingerprint density at radius 3 is 2.57 bits per heavy atom. The van der Waals surface area contributed by atoms with Gasteiger partial charge in [-0.05, 0) is 18.6 Å². The molecule has 6 nitrogen and oxygen atoms in total. The van der Waals surface area contributed by atoms with Crippen molar-refractivity contribution in [1.82, 2.24) is 9.78 Å². The minimum absolute atomic E-state index is 0.0314.